The number of likely N-dealkylation sites (N-methyl/N-ethyl adjacent to an activating group) is 1. The molecule has 0 bridgehead atoms. The van der Waals surface area contributed by atoms with E-state index in [-0.39, 0.29) is 17.9 Å². The maximum atomic E-state index is 7.46. The molecule has 0 heterocycles. The van der Waals surface area contributed by atoms with Crippen LogP contribution in [0.25, 0.3) is 0 Å². The second kappa shape index (κ2) is 10.5. The fraction of sp³-hybridized carbons (Fsp3) is 0.727. The minimum atomic E-state index is 0.0610. The largest absolute Gasteiger partial charge is 0.370 e. The van der Waals surface area contributed by atoms with Gasteiger partial charge in [0.05, 0.1) is 13.1 Å². The summed E-state index contributed by atoms with van der Waals surface area (Å²) in [5.41, 5.74) is 26.7. The third-order valence-electron chi connectivity index (χ3n) is 2.83. The lowest BCUT2D eigenvalue weighted by Crippen LogP contribution is -2.43. The van der Waals surface area contributed by atoms with Gasteiger partial charge in [-0.1, -0.05) is 0 Å². The number of hydrogen-bond donors (Lipinski definition) is 6. The van der Waals surface area contributed by atoms with Crippen molar-refractivity contribution in [1.29, 1.82) is 5.41 Å². The van der Waals surface area contributed by atoms with Crippen molar-refractivity contribution < 1.29 is 0 Å². The molecule has 0 unspecified atom stereocenters. The maximum absolute atomic E-state index is 7.46. The van der Waals surface area contributed by atoms with Crippen LogP contribution in [0.2, 0.25) is 0 Å². The Labute approximate surface area is 125 Å². The van der Waals surface area contributed by atoms with E-state index in [1.807, 2.05) is 6.92 Å². The summed E-state index contributed by atoms with van der Waals surface area (Å²) in [6, 6.07) is 0. The quantitative estimate of drug-likeness (QED) is 0.184. The monoisotopic (exact) mass is 300 g/mol. The average Bonchev–Trinajstić information content (AvgIpc) is 2.37. The van der Waals surface area contributed by atoms with E-state index in [4.69, 9.17) is 34.1 Å². The molecule has 11 N–H and O–H groups in total. The van der Waals surface area contributed by atoms with Crippen LogP contribution in [0.3, 0.4) is 0 Å². The summed E-state index contributed by atoms with van der Waals surface area (Å²) in [6.45, 7) is 6.34. The van der Waals surface area contributed by atoms with Crippen LogP contribution in [0.1, 0.15) is 6.92 Å². The number of nitrogens with one attached hydrogen (secondary N) is 1. The van der Waals surface area contributed by atoms with Crippen molar-refractivity contribution in [3.63, 3.8) is 0 Å². The molecule has 0 atom stereocenters. The van der Waals surface area contributed by atoms with Crippen molar-refractivity contribution in [3.05, 3.63) is 0 Å². The zero-order valence-corrected chi connectivity index (χ0v) is 12.6. The zero-order valence-electron chi connectivity index (χ0n) is 12.6. The summed E-state index contributed by atoms with van der Waals surface area (Å²) in [6.07, 6.45) is 0. The Kier molecular flexibility index (Phi) is 9.43. The highest BCUT2D eigenvalue weighted by Gasteiger charge is 2.08. The molecule has 0 spiro atoms. The van der Waals surface area contributed by atoms with E-state index in [9.17, 15) is 0 Å². The Morgan fingerprint density at radius 1 is 0.857 bits per heavy atom. The average molecular weight is 300 g/mol. The molecule has 0 radical (unpaired) electrons. The first-order valence-electron chi connectivity index (χ1n) is 6.78. The van der Waals surface area contributed by atoms with E-state index in [1.165, 1.54) is 0 Å². The van der Waals surface area contributed by atoms with Gasteiger partial charge < -0.3 is 33.6 Å². The van der Waals surface area contributed by atoms with E-state index < -0.39 is 0 Å². The van der Waals surface area contributed by atoms with Gasteiger partial charge >= 0.3 is 0 Å². The standard InChI is InChI=1S/C11H28N10/c1-2-21(11(16)17)8-7-20(5-3-18-9(12)13)6-4-19-10(14)15/h2-8H2,1H3,(H3,16,17)(H4,12,13,18)(H4,14,15,19). The Morgan fingerprint density at radius 2 is 1.33 bits per heavy atom. The minimum absolute atomic E-state index is 0.0610. The van der Waals surface area contributed by atoms with Gasteiger partial charge in [0, 0.05) is 32.7 Å². The predicted octanol–water partition coefficient (Wildman–Crippen LogP) is -2.95. The van der Waals surface area contributed by atoms with E-state index in [0.29, 0.717) is 45.8 Å². The molecule has 0 aliphatic carbocycles. The molecule has 0 saturated carbocycles. The molecule has 10 nitrogen and oxygen atoms in total. The van der Waals surface area contributed by atoms with Crippen molar-refractivity contribution in [2.45, 2.75) is 6.92 Å². The number of aliphatic imine (C=N–C) groups is 2. The predicted molar refractivity (Wildman–Crippen MR) is 87.0 cm³/mol. The van der Waals surface area contributed by atoms with Gasteiger partial charge in [0.25, 0.3) is 0 Å². The van der Waals surface area contributed by atoms with Gasteiger partial charge in [-0.25, -0.2) is 0 Å². The van der Waals surface area contributed by atoms with Crippen LogP contribution in [-0.4, -0.2) is 73.5 Å². The van der Waals surface area contributed by atoms with Gasteiger partial charge in [0.1, 0.15) is 0 Å². The zero-order chi connectivity index (χ0) is 16.3. The smallest absolute Gasteiger partial charge is 0.188 e. The third kappa shape index (κ3) is 10.2. The van der Waals surface area contributed by atoms with Crippen LogP contribution in [-0.2, 0) is 0 Å². The number of guanidine groups is 3. The Morgan fingerprint density at radius 3 is 1.67 bits per heavy atom. The number of nitrogens with two attached hydrogens (primary N) is 5. The van der Waals surface area contributed by atoms with Gasteiger partial charge in [-0.05, 0) is 6.92 Å². The highest BCUT2D eigenvalue weighted by atomic mass is 15.3. The molecule has 0 amide bonds. The Hall–Kier alpha value is -2.23. The minimum Gasteiger partial charge on any atom is -0.370 e. The first-order chi connectivity index (χ1) is 9.86. The van der Waals surface area contributed by atoms with E-state index in [2.05, 4.69) is 14.9 Å². The third-order valence-corrected chi connectivity index (χ3v) is 2.83. The number of nitrogens with zero attached hydrogens (tertiary/aromatic N) is 4. The summed E-state index contributed by atoms with van der Waals surface area (Å²) in [5, 5.41) is 7.46. The van der Waals surface area contributed by atoms with Crippen molar-refractivity contribution in [2.24, 2.45) is 38.7 Å². The summed E-state index contributed by atoms with van der Waals surface area (Å²) < 4.78 is 0. The lowest BCUT2D eigenvalue weighted by Gasteiger charge is -2.26. The van der Waals surface area contributed by atoms with Gasteiger partial charge in [0.2, 0.25) is 0 Å². The molecule has 10 heteroatoms. The molecule has 0 saturated heterocycles. The van der Waals surface area contributed by atoms with Crippen molar-refractivity contribution in [2.75, 3.05) is 45.8 Å². The highest BCUT2D eigenvalue weighted by Crippen LogP contribution is 1.93. The van der Waals surface area contributed by atoms with Crippen LogP contribution >= 0.6 is 0 Å². The lowest BCUT2D eigenvalue weighted by atomic mass is 10.4. The van der Waals surface area contributed by atoms with Crippen LogP contribution in [0.15, 0.2) is 9.98 Å². The van der Waals surface area contributed by atoms with Gasteiger partial charge in [0.15, 0.2) is 17.9 Å². The Bertz CT molecular complexity index is 334. The van der Waals surface area contributed by atoms with E-state index in [0.717, 1.165) is 0 Å². The molecule has 0 aromatic carbocycles. The molecule has 0 aromatic heterocycles. The maximum Gasteiger partial charge on any atom is 0.188 e. The van der Waals surface area contributed by atoms with Gasteiger partial charge in [-0.15, -0.1) is 0 Å². The molecular formula is C11H28N10. The lowest BCUT2D eigenvalue weighted by molar-refractivity contribution is 0.259. The topological polar surface area (TPSA) is 185 Å². The second-order valence-electron chi connectivity index (χ2n) is 4.42. The first-order valence-corrected chi connectivity index (χ1v) is 6.78. The molecular weight excluding hydrogens is 272 g/mol. The highest BCUT2D eigenvalue weighted by molar-refractivity contribution is 5.76. The summed E-state index contributed by atoms with van der Waals surface area (Å²) in [7, 11) is 0. The fourth-order valence-electron chi connectivity index (χ4n) is 1.69. The van der Waals surface area contributed by atoms with Crippen molar-refractivity contribution >= 4 is 17.9 Å². The van der Waals surface area contributed by atoms with E-state index >= 15 is 0 Å². The van der Waals surface area contributed by atoms with Crippen LogP contribution in [0.5, 0.6) is 0 Å². The summed E-state index contributed by atoms with van der Waals surface area (Å²) in [5.74, 6) is 0.196. The van der Waals surface area contributed by atoms with Gasteiger partial charge in [-0.3, -0.25) is 20.3 Å². The van der Waals surface area contributed by atoms with E-state index in [1.54, 1.807) is 4.90 Å². The van der Waals surface area contributed by atoms with Crippen molar-refractivity contribution in [1.82, 2.24) is 9.80 Å². The van der Waals surface area contributed by atoms with Gasteiger partial charge in [-0.2, -0.15) is 0 Å². The molecule has 21 heavy (non-hydrogen) atoms. The SMILES string of the molecule is CCN(CCN(CCN=C(N)N)CCN=C(N)N)C(=N)N. The fourth-order valence-corrected chi connectivity index (χ4v) is 1.69. The van der Waals surface area contributed by atoms with Crippen LogP contribution in [0.4, 0.5) is 0 Å². The normalized spacial score (nSPS) is 10.2. The molecule has 0 aromatic rings. The molecule has 122 valence electrons. The van der Waals surface area contributed by atoms with Crippen molar-refractivity contribution in [3.8, 4) is 0 Å². The number of hydrogen-bond acceptors (Lipinski definition) is 4. The summed E-state index contributed by atoms with van der Waals surface area (Å²) >= 11 is 0. The Balaban J connectivity index is 4.38. The first kappa shape index (κ1) is 18.8. The summed E-state index contributed by atoms with van der Waals surface area (Å²) in [4.78, 5) is 11.8. The molecule has 0 fully saturated rings. The number of rotatable bonds is 10. The second-order valence-corrected chi connectivity index (χ2v) is 4.42. The molecule has 0 aliphatic heterocycles. The molecule has 0 rings (SSSR count). The molecule has 0 aliphatic rings. The van der Waals surface area contributed by atoms with Crippen LogP contribution in [0, 0.1) is 5.41 Å². The van der Waals surface area contributed by atoms with Crippen LogP contribution < -0.4 is 28.7 Å².